The third kappa shape index (κ3) is 2.90. The van der Waals surface area contributed by atoms with Crippen molar-refractivity contribution in [2.45, 2.75) is 6.54 Å². The average molecular weight is 295 g/mol. The SMILES string of the molecule is CNc1nc(NCc2ccc(OC)nc2)c2ccccc2n1. The molecule has 6 heteroatoms. The van der Waals surface area contributed by atoms with Gasteiger partial charge in [0.15, 0.2) is 0 Å². The number of methoxy groups -OCH3 is 1. The van der Waals surface area contributed by atoms with E-state index in [1.807, 2.05) is 36.4 Å². The van der Waals surface area contributed by atoms with Crippen LogP contribution in [0.4, 0.5) is 11.8 Å². The van der Waals surface area contributed by atoms with Crippen molar-refractivity contribution >= 4 is 22.7 Å². The molecule has 0 aliphatic carbocycles. The smallest absolute Gasteiger partial charge is 0.224 e. The van der Waals surface area contributed by atoms with Gasteiger partial charge in [-0.2, -0.15) is 4.98 Å². The molecule has 2 heterocycles. The Morgan fingerprint density at radius 3 is 2.68 bits per heavy atom. The zero-order valence-corrected chi connectivity index (χ0v) is 12.5. The lowest BCUT2D eigenvalue weighted by Gasteiger charge is -2.10. The number of fused-ring (bicyclic) bond motifs is 1. The van der Waals surface area contributed by atoms with Crippen molar-refractivity contribution in [3.05, 3.63) is 48.2 Å². The second-order valence-corrected chi connectivity index (χ2v) is 4.73. The molecule has 0 radical (unpaired) electrons. The first kappa shape index (κ1) is 14.1. The van der Waals surface area contributed by atoms with E-state index in [9.17, 15) is 0 Å². The Bertz CT molecular complexity index is 773. The molecule has 0 atom stereocenters. The first-order valence-corrected chi connectivity index (χ1v) is 6.97. The lowest BCUT2D eigenvalue weighted by atomic mass is 10.2. The van der Waals surface area contributed by atoms with Crippen LogP contribution in [0.25, 0.3) is 10.9 Å². The molecular formula is C16H17N5O. The van der Waals surface area contributed by atoms with Crippen molar-refractivity contribution in [1.82, 2.24) is 15.0 Å². The van der Waals surface area contributed by atoms with Gasteiger partial charge in [-0.25, -0.2) is 9.97 Å². The van der Waals surface area contributed by atoms with E-state index in [0.717, 1.165) is 22.3 Å². The lowest BCUT2D eigenvalue weighted by Crippen LogP contribution is -2.06. The summed E-state index contributed by atoms with van der Waals surface area (Å²) in [7, 11) is 3.41. The molecule has 3 rings (SSSR count). The quantitative estimate of drug-likeness (QED) is 0.754. The maximum Gasteiger partial charge on any atom is 0.224 e. The van der Waals surface area contributed by atoms with Crippen molar-refractivity contribution in [2.24, 2.45) is 0 Å². The summed E-state index contributed by atoms with van der Waals surface area (Å²) in [4.78, 5) is 13.1. The Hall–Kier alpha value is -2.89. The molecule has 22 heavy (non-hydrogen) atoms. The Labute approximate surface area is 128 Å². The summed E-state index contributed by atoms with van der Waals surface area (Å²) in [6.07, 6.45) is 1.79. The van der Waals surface area contributed by atoms with E-state index in [1.165, 1.54) is 0 Å². The highest BCUT2D eigenvalue weighted by molar-refractivity contribution is 5.89. The van der Waals surface area contributed by atoms with Crippen molar-refractivity contribution in [1.29, 1.82) is 0 Å². The van der Waals surface area contributed by atoms with Gasteiger partial charge in [-0.1, -0.05) is 18.2 Å². The van der Waals surface area contributed by atoms with Crippen LogP contribution in [0, 0.1) is 0 Å². The molecule has 0 saturated carbocycles. The van der Waals surface area contributed by atoms with Gasteiger partial charge >= 0.3 is 0 Å². The second kappa shape index (κ2) is 6.26. The van der Waals surface area contributed by atoms with Crippen LogP contribution in [0.1, 0.15) is 5.56 Å². The van der Waals surface area contributed by atoms with Crippen LogP contribution in [0.5, 0.6) is 5.88 Å². The topological polar surface area (TPSA) is 72.0 Å². The molecule has 0 unspecified atom stereocenters. The Kier molecular flexibility index (Phi) is 4.00. The molecule has 0 spiro atoms. The fourth-order valence-electron chi connectivity index (χ4n) is 2.15. The zero-order chi connectivity index (χ0) is 15.4. The van der Waals surface area contributed by atoms with Crippen molar-refractivity contribution in [3.63, 3.8) is 0 Å². The molecule has 0 bridgehead atoms. The predicted molar refractivity (Wildman–Crippen MR) is 87.2 cm³/mol. The molecule has 2 N–H and O–H groups in total. The number of anilines is 2. The number of ether oxygens (including phenoxy) is 1. The van der Waals surface area contributed by atoms with Crippen molar-refractivity contribution in [2.75, 3.05) is 24.8 Å². The number of rotatable bonds is 5. The van der Waals surface area contributed by atoms with Gasteiger partial charge in [0.25, 0.3) is 0 Å². The normalized spacial score (nSPS) is 10.5. The number of para-hydroxylation sites is 1. The van der Waals surface area contributed by atoms with Gasteiger partial charge in [-0.15, -0.1) is 0 Å². The summed E-state index contributed by atoms with van der Waals surface area (Å²) < 4.78 is 5.06. The predicted octanol–water partition coefficient (Wildman–Crippen LogP) is 2.69. The minimum Gasteiger partial charge on any atom is -0.481 e. The third-order valence-electron chi connectivity index (χ3n) is 3.29. The molecule has 112 valence electrons. The number of benzene rings is 1. The van der Waals surface area contributed by atoms with Crippen LogP contribution >= 0.6 is 0 Å². The number of pyridine rings is 1. The van der Waals surface area contributed by atoms with Gasteiger partial charge in [0, 0.05) is 31.2 Å². The van der Waals surface area contributed by atoms with Crippen LogP contribution in [-0.2, 0) is 6.54 Å². The highest BCUT2D eigenvalue weighted by Crippen LogP contribution is 2.22. The van der Waals surface area contributed by atoms with Crippen LogP contribution < -0.4 is 15.4 Å². The molecule has 1 aromatic carbocycles. The van der Waals surface area contributed by atoms with E-state index < -0.39 is 0 Å². The van der Waals surface area contributed by atoms with E-state index >= 15 is 0 Å². The first-order valence-electron chi connectivity index (χ1n) is 6.97. The highest BCUT2D eigenvalue weighted by atomic mass is 16.5. The molecule has 6 nitrogen and oxygen atoms in total. The van der Waals surface area contributed by atoms with Crippen LogP contribution in [0.15, 0.2) is 42.6 Å². The lowest BCUT2D eigenvalue weighted by molar-refractivity contribution is 0.397. The molecule has 0 amide bonds. The van der Waals surface area contributed by atoms with Gasteiger partial charge in [0.2, 0.25) is 11.8 Å². The number of nitrogens with zero attached hydrogens (tertiary/aromatic N) is 3. The van der Waals surface area contributed by atoms with Crippen molar-refractivity contribution in [3.8, 4) is 5.88 Å². The number of nitrogens with one attached hydrogen (secondary N) is 2. The summed E-state index contributed by atoms with van der Waals surface area (Å²) in [5.41, 5.74) is 1.95. The fourth-order valence-corrected chi connectivity index (χ4v) is 2.15. The zero-order valence-electron chi connectivity index (χ0n) is 12.5. The van der Waals surface area contributed by atoms with E-state index in [4.69, 9.17) is 4.74 Å². The summed E-state index contributed by atoms with van der Waals surface area (Å²) in [5.74, 6) is 1.99. The monoisotopic (exact) mass is 295 g/mol. The molecule has 3 aromatic rings. The molecule has 0 fully saturated rings. The van der Waals surface area contributed by atoms with E-state index in [-0.39, 0.29) is 0 Å². The molecule has 0 aliphatic heterocycles. The third-order valence-corrected chi connectivity index (χ3v) is 3.29. The summed E-state index contributed by atoms with van der Waals surface area (Å²) in [6.45, 7) is 0.626. The number of aromatic nitrogens is 3. The van der Waals surface area contributed by atoms with Gasteiger partial charge in [-0.3, -0.25) is 0 Å². The van der Waals surface area contributed by atoms with Crippen LogP contribution in [0.3, 0.4) is 0 Å². The number of hydrogen-bond donors (Lipinski definition) is 2. The fraction of sp³-hybridized carbons (Fsp3) is 0.188. The van der Waals surface area contributed by atoms with Crippen molar-refractivity contribution < 1.29 is 4.74 Å². The highest BCUT2D eigenvalue weighted by Gasteiger charge is 2.06. The number of hydrogen-bond acceptors (Lipinski definition) is 6. The second-order valence-electron chi connectivity index (χ2n) is 4.73. The van der Waals surface area contributed by atoms with Gasteiger partial charge in [0.1, 0.15) is 5.82 Å². The molecule has 2 aromatic heterocycles. The molecule has 0 saturated heterocycles. The Morgan fingerprint density at radius 1 is 1.09 bits per heavy atom. The maximum atomic E-state index is 5.06. The summed E-state index contributed by atoms with van der Waals surface area (Å²) in [6, 6.07) is 11.7. The van der Waals surface area contributed by atoms with E-state index in [0.29, 0.717) is 18.4 Å². The summed E-state index contributed by atoms with van der Waals surface area (Å²) in [5, 5.41) is 7.31. The Morgan fingerprint density at radius 2 is 1.95 bits per heavy atom. The van der Waals surface area contributed by atoms with E-state index in [1.54, 1.807) is 20.4 Å². The van der Waals surface area contributed by atoms with Crippen LogP contribution in [0.2, 0.25) is 0 Å². The first-order chi connectivity index (χ1) is 10.8. The van der Waals surface area contributed by atoms with Gasteiger partial charge in [-0.05, 0) is 17.7 Å². The van der Waals surface area contributed by atoms with Gasteiger partial charge < -0.3 is 15.4 Å². The molecular weight excluding hydrogens is 278 g/mol. The van der Waals surface area contributed by atoms with Crippen LogP contribution in [-0.4, -0.2) is 29.1 Å². The molecule has 0 aliphatic rings. The van der Waals surface area contributed by atoms with E-state index in [2.05, 4.69) is 25.6 Å². The largest absolute Gasteiger partial charge is 0.481 e. The minimum absolute atomic E-state index is 0.592. The Balaban J connectivity index is 1.86. The van der Waals surface area contributed by atoms with Gasteiger partial charge in [0.05, 0.1) is 12.6 Å². The average Bonchev–Trinajstić information content (AvgIpc) is 2.59. The maximum absolute atomic E-state index is 5.06. The standard InChI is InChI=1S/C16H17N5O/c1-17-16-20-13-6-4-3-5-12(13)15(21-16)19-10-11-7-8-14(22-2)18-9-11/h3-9H,10H2,1-2H3,(H2,17,19,20,21). The summed E-state index contributed by atoms with van der Waals surface area (Å²) >= 11 is 0. The minimum atomic E-state index is 0.592.